The van der Waals surface area contributed by atoms with E-state index >= 15 is 0 Å². The highest BCUT2D eigenvalue weighted by atomic mass is 32.1. The lowest BCUT2D eigenvalue weighted by atomic mass is 10.0. The van der Waals surface area contributed by atoms with Gasteiger partial charge >= 0.3 is 5.63 Å². The van der Waals surface area contributed by atoms with Crippen LogP contribution in [0.4, 0.5) is 0 Å². The Hall–Kier alpha value is -2.89. The number of nitrogens with one attached hydrogen (secondary N) is 1. The van der Waals surface area contributed by atoms with Gasteiger partial charge in [-0.25, -0.2) is 4.79 Å². The second-order valence-corrected chi connectivity index (χ2v) is 6.99. The first-order chi connectivity index (χ1) is 12.7. The summed E-state index contributed by atoms with van der Waals surface area (Å²) in [6.45, 7) is 0.504. The fourth-order valence-electron chi connectivity index (χ4n) is 3.06. The smallest absolute Gasteiger partial charge is 0.336 e. The van der Waals surface area contributed by atoms with Gasteiger partial charge in [0.2, 0.25) is 0 Å². The van der Waals surface area contributed by atoms with Crippen molar-refractivity contribution in [1.29, 1.82) is 0 Å². The summed E-state index contributed by atoms with van der Waals surface area (Å²) >= 11 is 1.69. The molecule has 0 amide bonds. The molecule has 0 saturated carbocycles. The fourth-order valence-corrected chi connectivity index (χ4v) is 3.89. The Morgan fingerprint density at radius 2 is 1.88 bits per heavy atom. The molecule has 2 aromatic heterocycles. The molecular formula is C21H17NO3S. The van der Waals surface area contributed by atoms with Crippen molar-refractivity contribution in [3.05, 3.63) is 98.5 Å². The third kappa shape index (κ3) is 3.40. The predicted molar refractivity (Wildman–Crippen MR) is 104 cm³/mol. The van der Waals surface area contributed by atoms with Crippen LogP contribution in [0.5, 0.6) is 5.75 Å². The normalized spacial score (nSPS) is 12.3. The fraction of sp³-hybridized carbons (Fsp3) is 0.0952. The maximum atomic E-state index is 11.9. The number of hydrogen-bond donors (Lipinski definition) is 2. The molecule has 2 N–H and O–H groups in total. The quantitative estimate of drug-likeness (QED) is 0.515. The molecule has 0 saturated heterocycles. The van der Waals surface area contributed by atoms with Crippen molar-refractivity contribution >= 4 is 22.3 Å². The van der Waals surface area contributed by atoms with Crippen molar-refractivity contribution in [2.24, 2.45) is 0 Å². The van der Waals surface area contributed by atoms with E-state index in [1.807, 2.05) is 24.3 Å². The lowest BCUT2D eigenvalue weighted by Crippen LogP contribution is -2.22. The topological polar surface area (TPSA) is 62.5 Å². The van der Waals surface area contributed by atoms with Crippen LogP contribution in [-0.2, 0) is 6.54 Å². The standard InChI is InChI=1S/C21H17NO3S/c23-16-8-9-17-15(11-20(24)25-18(17)12-16)13-22-21(19-7-4-10-26-19)14-5-2-1-3-6-14/h1-12,21-23H,13H2/t21-/m1/s1. The minimum Gasteiger partial charge on any atom is -0.508 e. The molecule has 2 aromatic carbocycles. The Balaban J connectivity index is 1.68. The van der Waals surface area contributed by atoms with Crippen LogP contribution >= 0.6 is 11.3 Å². The van der Waals surface area contributed by atoms with Crippen LogP contribution in [0.25, 0.3) is 11.0 Å². The second kappa shape index (κ2) is 7.15. The summed E-state index contributed by atoms with van der Waals surface area (Å²) in [6, 6.07) is 20.7. The molecule has 0 aliphatic rings. The highest BCUT2D eigenvalue weighted by molar-refractivity contribution is 7.10. The van der Waals surface area contributed by atoms with E-state index in [2.05, 4.69) is 28.9 Å². The molecule has 2 heterocycles. The summed E-state index contributed by atoms with van der Waals surface area (Å²) in [4.78, 5) is 13.1. The molecule has 5 heteroatoms. The molecule has 1 atom stereocenters. The van der Waals surface area contributed by atoms with Crippen LogP contribution in [0.3, 0.4) is 0 Å². The van der Waals surface area contributed by atoms with E-state index in [9.17, 15) is 9.90 Å². The lowest BCUT2D eigenvalue weighted by molar-refractivity contribution is 0.473. The van der Waals surface area contributed by atoms with Crippen LogP contribution in [-0.4, -0.2) is 5.11 Å². The van der Waals surface area contributed by atoms with E-state index in [4.69, 9.17) is 4.42 Å². The van der Waals surface area contributed by atoms with E-state index in [0.29, 0.717) is 12.1 Å². The van der Waals surface area contributed by atoms with Crippen molar-refractivity contribution in [2.45, 2.75) is 12.6 Å². The monoisotopic (exact) mass is 363 g/mol. The van der Waals surface area contributed by atoms with E-state index in [0.717, 1.165) is 10.9 Å². The van der Waals surface area contributed by atoms with Crippen molar-refractivity contribution in [1.82, 2.24) is 5.32 Å². The predicted octanol–water partition coefficient (Wildman–Crippen LogP) is 4.44. The Labute approximate surface area is 154 Å². The second-order valence-electron chi connectivity index (χ2n) is 6.01. The van der Waals surface area contributed by atoms with Crippen LogP contribution in [0.2, 0.25) is 0 Å². The highest BCUT2D eigenvalue weighted by Crippen LogP contribution is 2.27. The highest BCUT2D eigenvalue weighted by Gasteiger charge is 2.15. The maximum absolute atomic E-state index is 11.9. The summed E-state index contributed by atoms with van der Waals surface area (Å²) in [6.07, 6.45) is 0. The summed E-state index contributed by atoms with van der Waals surface area (Å²) < 4.78 is 5.21. The van der Waals surface area contributed by atoms with Crippen molar-refractivity contribution < 1.29 is 9.52 Å². The van der Waals surface area contributed by atoms with Gasteiger partial charge < -0.3 is 14.8 Å². The molecule has 26 heavy (non-hydrogen) atoms. The molecule has 0 spiro atoms. The Kier molecular flexibility index (Phi) is 4.56. The van der Waals surface area contributed by atoms with Crippen LogP contribution in [0.1, 0.15) is 22.0 Å². The number of fused-ring (bicyclic) bond motifs is 1. The summed E-state index contributed by atoms with van der Waals surface area (Å²) in [5.74, 6) is 0.0755. The third-order valence-corrected chi connectivity index (χ3v) is 5.21. The number of phenolic OH excluding ortho intramolecular Hbond substituents is 1. The minimum atomic E-state index is -0.424. The van der Waals surface area contributed by atoms with Gasteiger partial charge in [-0.1, -0.05) is 36.4 Å². The third-order valence-electron chi connectivity index (χ3n) is 4.27. The van der Waals surface area contributed by atoms with Gasteiger partial charge in [0.25, 0.3) is 0 Å². The average molecular weight is 363 g/mol. The van der Waals surface area contributed by atoms with E-state index in [-0.39, 0.29) is 11.8 Å². The molecule has 4 nitrogen and oxygen atoms in total. The van der Waals surface area contributed by atoms with Gasteiger partial charge in [0.05, 0.1) is 6.04 Å². The van der Waals surface area contributed by atoms with Gasteiger partial charge in [-0.15, -0.1) is 11.3 Å². The van der Waals surface area contributed by atoms with Crippen LogP contribution in [0, 0.1) is 0 Å². The number of hydrogen-bond acceptors (Lipinski definition) is 5. The molecular weight excluding hydrogens is 346 g/mol. The lowest BCUT2D eigenvalue weighted by Gasteiger charge is -2.18. The van der Waals surface area contributed by atoms with E-state index in [1.54, 1.807) is 23.5 Å². The Bertz CT molecular complexity index is 1070. The van der Waals surface area contributed by atoms with Gasteiger partial charge in [0.1, 0.15) is 11.3 Å². The van der Waals surface area contributed by atoms with Gasteiger partial charge in [0, 0.05) is 28.9 Å². The van der Waals surface area contributed by atoms with Crippen LogP contribution < -0.4 is 10.9 Å². The zero-order valence-corrected chi connectivity index (χ0v) is 14.7. The number of rotatable bonds is 5. The SMILES string of the molecule is O=c1cc(CN[C@H](c2ccccc2)c2cccs2)c2ccc(O)cc2o1. The summed E-state index contributed by atoms with van der Waals surface area (Å²) in [5, 5.41) is 16.1. The maximum Gasteiger partial charge on any atom is 0.336 e. The average Bonchev–Trinajstić information content (AvgIpc) is 3.16. The zero-order valence-electron chi connectivity index (χ0n) is 13.9. The Morgan fingerprint density at radius 3 is 2.65 bits per heavy atom. The molecule has 0 fully saturated rings. The van der Waals surface area contributed by atoms with E-state index < -0.39 is 5.63 Å². The number of phenols is 1. The first-order valence-electron chi connectivity index (χ1n) is 8.28. The first kappa shape index (κ1) is 16.6. The van der Waals surface area contributed by atoms with E-state index in [1.165, 1.54) is 22.6 Å². The van der Waals surface area contributed by atoms with Gasteiger partial charge in [-0.3, -0.25) is 0 Å². The Morgan fingerprint density at radius 1 is 1.04 bits per heavy atom. The molecule has 0 bridgehead atoms. The molecule has 0 unspecified atom stereocenters. The molecule has 130 valence electrons. The molecule has 0 aliphatic carbocycles. The van der Waals surface area contributed by atoms with Crippen molar-refractivity contribution in [3.63, 3.8) is 0 Å². The summed E-state index contributed by atoms with van der Waals surface area (Å²) in [5.41, 5.74) is 1.97. The number of thiophene rings is 1. The first-order valence-corrected chi connectivity index (χ1v) is 9.16. The molecule has 0 radical (unpaired) electrons. The van der Waals surface area contributed by atoms with Crippen molar-refractivity contribution in [2.75, 3.05) is 0 Å². The molecule has 4 aromatic rings. The minimum absolute atomic E-state index is 0.0376. The van der Waals surface area contributed by atoms with Crippen molar-refractivity contribution in [3.8, 4) is 5.75 Å². The van der Waals surface area contributed by atoms with Gasteiger partial charge in [-0.05, 0) is 34.7 Å². The number of benzene rings is 2. The van der Waals surface area contributed by atoms with Gasteiger partial charge in [-0.2, -0.15) is 0 Å². The number of aromatic hydroxyl groups is 1. The van der Waals surface area contributed by atoms with Crippen LogP contribution in [0.15, 0.2) is 81.3 Å². The molecule has 4 rings (SSSR count). The largest absolute Gasteiger partial charge is 0.508 e. The zero-order chi connectivity index (χ0) is 17.9. The van der Waals surface area contributed by atoms with Gasteiger partial charge in [0.15, 0.2) is 0 Å². The summed E-state index contributed by atoms with van der Waals surface area (Å²) in [7, 11) is 0. The molecule has 0 aliphatic heterocycles.